The summed E-state index contributed by atoms with van der Waals surface area (Å²) in [4.78, 5) is 39.4. The SMILES string of the molecule is C[n+]1ccc(-c2cc[n+](CCCCCC(=O)ON3C(=O)CCC3=O)cc2)cc1. The van der Waals surface area contributed by atoms with E-state index in [4.69, 9.17) is 4.84 Å². The molecule has 28 heavy (non-hydrogen) atoms. The van der Waals surface area contributed by atoms with E-state index >= 15 is 0 Å². The fourth-order valence-electron chi connectivity index (χ4n) is 3.04. The number of aryl methyl sites for hydroxylation is 2. The lowest BCUT2D eigenvalue weighted by Crippen LogP contribution is -2.32. The van der Waals surface area contributed by atoms with Crippen LogP contribution in [0.1, 0.15) is 38.5 Å². The summed E-state index contributed by atoms with van der Waals surface area (Å²) in [5.41, 5.74) is 2.35. The quantitative estimate of drug-likeness (QED) is 0.395. The van der Waals surface area contributed by atoms with E-state index in [-0.39, 0.29) is 19.3 Å². The normalized spacial score (nSPS) is 13.8. The minimum atomic E-state index is -0.531. The molecule has 2 amide bonds. The predicted molar refractivity (Wildman–Crippen MR) is 98.9 cm³/mol. The van der Waals surface area contributed by atoms with Crippen LogP contribution in [0.5, 0.6) is 0 Å². The summed E-state index contributed by atoms with van der Waals surface area (Å²) >= 11 is 0. The number of hydrogen-bond donors (Lipinski definition) is 0. The Bertz CT molecular complexity index is 831. The number of carbonyl (C=O) groups excluding carboxylic acids is 3. The van der Waals surface area contributed by atoms with Gasteiger partial charge in [-0.15, -0.1) is 5.06 Å². The fourth-order valence-corrected chi connectivity index (χ4v) is 3.04. The van der Waals surface area contributed by atoms with Crippen molar-refractivity contribution in [3.05, 3.63) is 49.1 Å². The molecule has 0 unspecified atom stereocenters. The van der Waals surface area contributed by atoms with Crippen LogP contribution >= 0.6 is 0 Å². The third kappa shape index (κ3) is 5.22. The molecule has 1 saturated heterocycles. The largest absolute Gasteiger partial charge is 0.333 e. The van der Waals surface area contributed by atoms with E-state index in [2.05, 4.69) is 41.2 Å². The highest BCUT2D eigenvalue weighted by molar-refractivity contribution is 6.01. The van der Waals surface area contributed by atoms with Crippen LogP contribution in [-0.2, 0) is 32.8 Å². The van der Waals surface area contributed by atoms with Gasteiger partial charge in [-0.1, -0.05) is 0 Å². The molecule has 7 heteroatoms. The monoisotopic (exact) mass is 383 g/mol. The van der Waals surface area contributed by atoms with Crippen LogP contribution in [0.3, 0.4) is 0 Å². The minimum Gasteiger partial charge on any atom is -0.330 e. The van der Waals surface area contributed by atoms with Crippen molar-refractivity contribution in [1.82, 2.24) is 5.06 Å². The first-order valence-electron chi connectivity index (χ1n) is 9.54. The van der Waals surface area contributed by atoms with Crippen molar-refractivity contribution < 1.29 is 28.4 Å². The predicted octanol–water partition coefficient (Wildman–Crippen LogP) is 1.63. The highest BCUT2D eigenvalue weighted by atomic mass is 16.7. The average Bonchev–Trinajstić information content (AvgIpc) is 3.01. The van der Waals surface area contributed by atoms with Crippen LogP contribution in [0.15, 0.2) is 49.1 Å². The van der Waals surface area contributed by atoms with Crippen LogP contribution in [0.4, 0.5) is 0 Å². The fraction of sp³-hybridized carbons (Fsp3) is 0.381. The molecule has 146 valence electrons. The standard InChI is InChI=1S/C21H25N3O4/c1-22-13-8-17(9-14-22)18-10-15-23(16-11-18)12-4-2-3-5-21(27)28-24-19(25)6-7-20(24)26/h8-11,13-16H,2-7,12H2,1H3/q+2. The van der Waals surface area contributed by atoms with E-state index in [0.717, 1.165) is 19.4 Å². The molecule has 0 radical (unpaired) electrons. The summed E-state index contributed by atoms with van der Waals surface area (Å²) in [5.74, 6) is -1.41. The van der Waals surface area contributed by atoms with Crippen molar-refractivity contribution in [3.8, 4) is 11.1 Å². The second kappa shape index (κ2) is 9.21. The molecule has 0 atom stereocenters. The van der Waals surface area contributed by atoms with Gasteiger partial charge in [0.25, 0.3) is 11.8 Å². The van der Waals surface area contributed by atoms with Gasteiger partial charge in [0.05, 0.1) is 0 Å². The third-order valence-corrected chi connectivity index (χ3v) is 4.70. The summed E-state index contributed by atoms with van der Waals surface area (Å²) in [7, 11) is 1.99. The van der Waals surface area contributed by atoms with E-state index < -0.39 is 17.8 Å². The highest BCUT2D eigenvalue weighted by Gasteiger charge is 2.32. The van der Waals surface area contributed by atoms with Crippen molar-refractivity contribution >= 4 is 17.8 Å². The Morgan fingerprint density at radius 1 is 0.929 bits per heavy atom. The Morgan fingerprint density at radius 3 is 2.11 bits per heavy atom. The first-order chi connectivity index (χ1) is 13.5. The minimum absolute atomic E-state index is 0.116. The maximum atomic E-state index is 11.7. The topological polar surface area (TPSA) is 71.4 Å². The molecule has 1 fully saturated rings. The van der Waals surface area contributed by atoms with E-state index in [9.17, 15) is 14.4 Å². The second-order valence-corrected chi connectivity index (χ2v) is 6.93. The summed E-state index contributed by atoms with van der Waals surface area (Å²) in [6.45, 7) is 0.863. The number of hydroxylamine groups is 2. The molecule has 0 N–H and O–H groups in total. The molecule has 0 spiro atoms. The molecular formula is C21H25N3O4+2. The number of rotatable bonds is 8. The number of imide groups is 1. The van der Waals surface area contributed by atoms with Crippen LogP contribution < -0.4 is 9.13 Å². The zero-order valence-electron chi connectivity index (χ0n) is 16.0. The number of carbonyl (C=O) groups is 3. The lowest BCUT2D eigenvalue weighted by Gasteiger charge is -2.12. The van der Waals surface area contributed by atoms with Crippen molar-refractivity contribution in [3.63, 3.8) is 0 Å². The summed E-state index contributed by atoms with van der Waals surface area (Å²) < 4.78 is 4.12. The lowest BCUT2D eigenvalue weighted by atomic mass is 10.1. The average molecular weight is 383 g/mol. The van der Waals surface area contributed by atoms with Crippen LogP contribution in [0, 0.1) is 0 Å². The van der Waals surface area contributed by atoms with Gasteiger partial charge in [0.2, 0.25) is 0 Å². The maximum absolute atomic E-state index is 11.7. The van der Waals surface area contributed by atoms with Gasteiger partial charge < -0.3 is 4.84 Å². The summed E-state index contributed by atoms with van der Waals surface area (Å²) in [6.07, 6.45) is 11.0. The zero-order valence-corrected chi connectivity index (χ0v) is 16.0. The van der Waals surface area contributed by atoms with Crippen molar-refractivity contribution in [2.75, 3.05) is 0 Å². The number of amides is 2. The number of unbranched alkanes of at least 4 members (excludes halogenated alkanes) is 2. The van der Waals surface area contributed by atoms with E-state index in [0.29, 0.717) is 11.5 Å². The maximum Gasteiger partial charge on any atom is 0.333 e. The highest BCUT2D eigenvalue weighted by Crippen LogP contribution is 2.16. The first-order valence-corrected chi connectivity index (χ1v) is 9.54. The number of pyridine rings is 2. The first kappa shape index (κ1) is 19.7. The summed E-state index contributed by atoms with van der Waals surface area (Å²) in [6, 6.07) is 8.36. The summed E-state index contributed by atoms with van der Waals surface area (Å²) in [5, 5.41) is 0.604. The van der Waals surface area contributed by atoms with Gasteiger partial charge in [0, 0.05) is 49.9 Å². The van der Waals surface area contributed by atoms with E-state index in [1.54, 1.807) is 0 Å². The second-order valence-electron chi connectivity index (χ2n) is 6.93. The van der Waals surface area contributed by atoms with Gasteiger partial charge >= 0.3 is 5.97 Å². The number of aromatic nitrogens is 2. The van der Waals surface area contributed by atoms with Gasteiger partial charge in [-0.3, -0.25) is 9.59 Å². The third-order valence-electron chi connectivity index (χ3n) is 4.70. The van der Waals surface area contributed by atoms with Crippen molar-refractivity contribution in [1.29, 1.82) is 0 Å². The molecule has 1 aliphatic heterocycles. The van der Waals surface area contributed by atoms with Gasteiger partial charge in [-0.25, -0.2) is 13.9 Å². The van der Waals surface area contributed by atoms with E-state index in [1.807, 2.05) is 24.0 Å². The van der Waals surface area contributed by atoms with Gasteiger partial charge in [-0.05, 0) is 24.0 Å². The molecule has 0 aliphatic carbocycles. The molecule has 2 aromatic rings. The van der Waals surface area contributed by atoms with Gasteiger partial charge in [0.1, 0.15) is 13.6 Å². The molecule has 0 saturated carbocycles. The van der Waals surface area contributed by atoms with E-state index in [1.165, 1.54) is 11.1 Å². The van der Waals surface area contributed by atoms with Crippen molar-refractivity contribution in [2.24, 2.45) is 7.05 Å². The van der Waals surface area contributed by atoms with Crippen LogP contribution in [0.2, 0.25) is 0 Å². The molecule has 7 nitrogen and oxygen atoms in total. The van der Waals surface area contributed by atoms with Crippen LogP contribution in [0.25, 0.3) is 11.1 Å². The lowest BCUT2D eigenvalue weighted by molar-refractivity contribution is -0.697. The molecule has 0 aromatic carbocycles. The Labute approximate surface area is 164 Å². The van der Waals surface area contributed by atoms with Gasteiger partial charge in [-0.2, -0.15) is 0 Å². The Morgan fingerprint density at radius 2 is 1.50 bits per heavy atom. The molecule has 3 heterocycles. The molecule has 1 aliphatic rings. The Kier molecular flexibility index (Phi) is 6.47. The zero-order chi connectivity index (χ0) is 19.9. The Hall–Kier alpha value is -3.09. The smallest absolute Gasteiger partial charge is 0.330 e. The number of nitrogens with zero attached hydrogens (tertiary/aromatic N) is 3. The Balaban J connectivity index is 1.36. The van der Waals surface area contributed by atoms with Crippen molar-refractivity contribution in [2.45, 2.75) is 45.1 Å². The molecule has 3 rings (SSSR count). The van der Waals surface area contributed by atoms with Gasteiger partial charge in [0.15, 0.2) is 24.8 Å². The number of hydrogen-bond acceptors (Lipinski definition) is 4. The molecule has 0 bridgehead atoms. The van der Waals surface area contributed by atoms with Crippen LogP contribution in [-0.4, -0.2) is 22.8 Å². The molecule has 2 aromatic heterocycles. The molecular weight excluding hydrogens is 358 g/mol.